The summed E-state index contributed by atoms with van der Waals surface area (Å²) in [7, 11) is 0. The van der Waals surface area contributed by atoms with Crippen molar-refractivity contribution in [2.75, 3.05) is 5.32 Å². The Bertz CT molecular complexity index is 805. The van der Waals surface area contributed by atoms with Crippen molar-refractivity contribution >= 4 is 39.8 Å². The van der Waals surface area contributed by atoms with Gasteiger partial charge in [-0.15, -0.1) is 0 Å². The van der Waals surface area contributed by atoms with Gasteiger partial charge in [0.25, 0.3) is 0 Å². The second-order valence-corrected chi connectivity index (χ2v) is 5.40. The summed E-state index contributed by atoms with van der Waals surface area (Å²) in [5.41, 5.74) is 2.47. The van der Waals surface area contributed by atoms with Crippen LogP contribution in [0.15, 0.2) is 48.7 Å². The molecule has 5 heteroatoms. The van der Waals surface area contributed by atoms with Gasteiger partial charge in [-0.05, 0) is 42.0 Å². The van der Waals surface area contributed by atoms with E-state index in [4.69, 9.17) is 23.2 Å². The van der Waals surface area contributed by atoms with E-state index in [9.17, 15) is 4.39 Å². The van der Waals surface area contributed by atoms with Crippen LogP contribution in [0.5, 0.6) is 0 Å². The van der Waals surface area contributed by atoms with Gasteiger partial charge in [0.05, 0.1) is 16.2 Å². The van der Waals surface area contributed by atoms with Gasteiger partial charge in [0.1, 0.15) is 5.82 Å². The number of nitrogens with one attached hydrogen (secondary N) is 1. The number of fused-ring (bicyclic) bond motifs is 1. The summed E-state index contributed by atoms with van der Waals surface area (Å²) in [5.74, 6) is -0.345. The highest BCUT2D eigenvalue weighted by Gasteiger charge is 2.07. The molecule has 21 heavy (non-hydrogen) atoms. The minimum absolute atomic E-state index is 0.345. The first-order chi connectivity index (χ1) is 10.1. The van der Waals surface area contributed by atoms with Crippen LogP contribution in [0.4, 0.5) is 10.1 Å². The lowest BCUT2D eigenvalue weighted by molar-refractivity contribution is 0.627. The van der Waals surface area contributed by atoms with Crippen LogP contribution in [-0.4, -0.2) is 4.98 Å². The van der Waals surface area contributed by atoms with Gasteiger partial charge in [-0.2, -0.15) is 0 Å². The molecule has 0 saturated carbocycles. The minimum atomic E-state index is -0.345. The predicted octanol–water partition coefficient (Wildman–Crippen LogP) is 5.29. The molecule has 0 aliphatic heterocycles. The number of nitrogens with zero attached hydrogens (tertiary/aromatic N) is 1. The standard InChI is InChI=1S/C16H11Cl2FN2/c17-13-5-6-15(16-12(13)2-1-7-20-16)21-9-10-3-4-11(19)8-14(10)18/h1-8,21H,9H2. The smallest absolute Gasteiger partial charge is 0.124 e. The van der Waals surface area contributed by atoms with E-state index >= 15 is 0 Å². The number of hydrogen-bond acceptors (Lipinski definition) is 2. The van der Waals surface area contributed by atoms with Gasteiger partial charge < -0.3 is 5.32 Å². The van der Waals surface area contributed by atoms with Gasteiger partial charge in [-0.25, -0.2) is 4.39 Å². The first kappa shape index (κ1) is 14.1. The summed E-state index contributed by atoms with van der Waals surface area (Å²) in [6, 6.07) is 11.8. The molecule has 3 rings (SSSR count). The van der Waals surface area contributed by atoms with E-state index in [-0.39, 0.29) is 5.82 Å². The van der Waals surface area contributed by atoms with E-state index in [1.165, 1.54) is 12.1 Å². The Balaban J connectivity index is 1.90. The maximum absolute atomic E-state index is 13.0. The normalized spacial score (nSPS) is 10.8. The van der Waals surface area contributed by atoms with Crippen molar-refractivity contribution in [3.8, 4) is 0 Å². The van der Waals surface area contributed by atoms with E-state index in [2.05, 4.69) is 10.3 Å². The number of aromatic nitrogens is 1. The second kappa shape index (κ2) is 5.88. The fourth-order valence-electron chi connectivity index (χ4n) is 2.14. The Morgan fingerprint density at radius 3 is 2.71 bits per heavy atom. The summed E-state index contributed by atoms with van der Waals surface area (Å²) in [6.07, 6.45) is 1.72. The van der Waals surface area contributed by atoms with E-state index in [1.54, 1.807) is 12.3 Å². The maximum atomic E-state index is 13.0. The highest BCUT2D eigenvalue weighted by molar-refractivity contribution is 6.35. The number of rotatable bonds is 3. The number of pyridine rings is 1. The lowest BCUT2D eigenvalue weighted by Gasteiger charge is -2.11. The average molecular weight is 321 g/mol. The average Bonchev–Trinajstić information content (AvgIpc) is 2.48. The van der Waals surface area contributed by atoms with Crippen molar-refractivity contribution in [1.29, 1.82) is 0 Å². The van der Waals surface area contributed by atoms with Gasteiger partial charge in [-0.1, -0.05) is 29.3 Å². The molecule has 0 aliphatic rings. The van der Waals surface area contributed by atoms with E-state index in [0.717, 1.165) is 22.2 Å². The number of anilines is 1. The largest absolute Gasteiger partial charge is 0.379 e. The van der Waals surface area contributed by atoms with Crippen LogP contribution in [-0.2, 0) is 6.54 Å². The molecule has 1 N–H and O–H groups in total. The SMILES string of the molecule is Fc1ccc(CNc2ccc(Cl)c3cccnc23)c(Cl)c1. The molecule has 0 unspecified atom stereocenters. The Morgan fingerprint density at radius 2 is 1.90 bits per heavy atom. The van der Waals surface area contributed by atoms with E-state index < -0.39 is 0 Å². The molecule has 0 atom stereocenters. The van der Waals surface area contributed by atoms with Gasteiger partial charge >= 0.3 is 0 Å². The molecule has 0 amide bonds. The summed E-state index contributed by atoms with van der Waals surface area (Å²) in [5, 5.41) is 5.20. The summed E-state index contributed by atoms with van der Waals surface area (Å²) in [6.45, 7) is 0.479. The molecule has 3 aromatic rings. The van der Waals surface area contributed by atoms with Crippen LogP contribution in [0.1, 0.15) is 5.56 Å². The van der Waals surface area contributed by atoms with Crippen LogP contribution in [0, 0.1) is 5.82 Å². The highest BCUT2D eigenvalue weighted by Crippen LogP contribution is 2.28. The van der Waals surface area contributed by atoms with Gasteiger partial charge in [0.15, 0.2) is 0 Å². The highest BCUT2D eigenvalue weighted by atomic mass is 35.5. The van der Waals surface area contributed by atoms with Crippen molar-refractivity contribution in [2.45, 2.75) is 6.54 Å². The first-order valence-electron chi connectivity index (χ1n) is 6.36. The Kier molecular flexibility index (Phi) is 3.95. The molecular weight excluding hydrogens is 310 g/mol. The van der Waals surface area contributed by atoms with Crippen LogP contribution in [0.3, 0.4) is 0 Å². The van der Waals surface area contributed by atoms with Gasteiger partial charge in [0.2, 0.25) is 0 Å². The fourth-order valence-corrected chi connectivity index (χ4v) is 2.59. The zero-order valence-corrected chi connectivity index (χ0v) is 12.4. The molecule has 0 saturated heterocycles. The molecule has 0 radical (unpaired) electrons. The summed E-state index contributed by atoms with van der Waals surface area (Å²) in [4.78, 5) is 4.35. The Morgan fingerprint density at radius 1 is 1.05 bits per heavy atom. The van der Waals surface area contributed by atoms with Crippen LogP contribution in [0.2, 0.25) is 10.0 Å². The molecule has 0 bridgehead atoms. The molecule has 0 aliphatic carbocycles. The zero-order chi connectivity index (χ0) is 14.8. The third-order valence-electron chi connectivity index (χ3n) is 3.20. The zero-order valence-electron chi connectivity index (χ0n) is 10.9. The predicted molar refractivity (Wildman–Crippen MR) is 85.5 cm³/mol. The number of hydrogen-bond donors (Lipinski definition) is 1. The first-order valence-corrected chi connectivity index (χ1v) is 7.12. The quantitative estimate of drug-likeness (QED) is 0.709. The molecule has 106 valence electrons. The van der Waals surface area contributed by atoms with E-state index in [1.807, 2.05) is 24.3 Å². The molecule has 0 spiro atoms. The van der Waals surface area contributed by atoms with Gasteiger partial charge in [-0.3, -0.25) is 4.98 Å². The maximum Gasteiger partial charge on any atom is 0.124 e. The van der Waals surface area contributed by atoms with Crippen molar-refractivity contribution in [2.24, 2.45) is 0 Å². The molecule has 2 nitrogen and oxygen atoms in total. The lowest BCUT2D eigenvalue weighted by Crippen LogP contribution is -2.01. The third-order valence-corrected chi connectivity index (χ3v) is 3.88. The van der Waals surface area contributed by atoms with Gasteiger partial charge in [0, 0.05) is 23.2 Å². The Labute approximate surface area is 131 Å². The monoisotopic (exact) mass is 320 g/mol. The summed E-state index contributed by atoms with van der Waals surface area (Å²) >= 11 is 12.2. The minimum Gasteiger partial charge on any atom is -0.379 e. The molecule has 0 fully saturated rings. The molecule has 1 aromatic heterocycles. The topological polar surface area (TPSA) is 24.9 Å². The molecule has 1 heterocycles. The van der Waals surface area contributed by atoms with Crippen LogP contribution < -0.4 is 5.32 Å². The second-order valence-electron chi connectivity index (χ2n) is 4.58. The number of halogens is 3. The molecular formula is C16H11Cl2FN2. The lowest BCUT2D eigenvalue weighted by atomic mass is 10.1. The Hall–Kier alpha value is -1.84. The van der Waals surface area contributed by atoms with Crippen LogP contribution in [0.25, 0.3) is 10.9 Å². The molecule has 2 aromatic carbocycles. The fraction of sp³-hybridized carbons (Fsp3) is 0.0625. The van der Waals surface area contributed by atoms with Crippen molar-refractivity contribution in [3.63, 3.8) is 0 Å². The van der Waals surface area contributed by atoms with Crippen LogP contribution >= 0.6 is 23.2 Å². The van der Waals surface area contributed by atoms with Crippen molar-refractivity contribution < 1.29 is 4.39 Å². The summed E-state index contributed by atoms with van der Waals surface area (Å²) < 4.78 is 13.0. The van der Waals surface area contributed by atoms with Crippen molar-refractivity contribution in [1.82, 2.24) is 4.98 Å². The number of benzene rings is 2. The van der Waals surface area contributed by atoms with Crippen molar-refractivity contribution in [3.05, 3.63) is 70.1 Å². The third kappa shape index (κ3) is 2.94. The van der Waals surface area contributed by atoms with E-state index in [0.29, 0.717) is 16.6 Å².